The zero-order valence-corrected chi connectivity index (χ0v) is 14.8. The molecule has 1 aromatic carbocycles. The number of hydrogen-bond acceptors (Lipinski definition) is 4. The van der Waals surface area contributed by atoms with Crippen LogP contribution in [0.2, 0.25) is 0 Å². The molecule has 1 amide bonds. The fourth-order valence-corrected chi connectivity index (χ4v) is 3.13. The lowest BCUT2D eigenvalue weighted by molar-refractivity contribution is -0.122. The van der Waals surface area contributed by atoms with E-state index in [0.717, 1.165) is 29.6 Å². The van der Waals surface area contributed by atoms with Gasteiger partial charge < -0.3 is 5.32 Å². The summed E-state index contributed by atoms with van der Waals surface area (Å²) in [5.41, 5.74) is 1.85. The molecule has 0 radical (unpaired) electrons. The molecule has 1 fully saturated rings. The van der Waals surface area contributed by atoms with Gasteiger partial charge in [0.05, 0.1) is 17.6 Å². The Hall–Kier alpha value is -2.96. The van der Waals surface area contributed by atoms with Crippen molar-refractivity contribution in [3.8, 4) is 5.69 Å². The lowest BCUT2D eigenvalue weighted by Gasteiger charge is -2.11. The second-order valence-corrected chi connectivity index (χ2v) is 7.00. The Bertz CT molecular complexity index is 1020. The molecule has 134 valence electrons. The molecule has 2 aromatic heterocycles. The van der Waals surface area contributed by atoms with Crippen LogP contribution in [0.25, 0.3) is 16.6 Å². The SMILES string of the molecule is CC(C)NC(=O)Cn1nc(C2CC2)c2cnn(-c3ccccc3)c2c1=O. The molecule has 7 nitrogen and oxygen atoms in total. The fourth-order valence-electron chi connectivity index (χ4n) is 3.13. The quantitative estimate of drug-likeness (QED) is 0.762. The van der Waals surface area contributed by atoms with Crippen LogP contribution >= 0.6 is 0 Å². The number of fused-ring (bicyclic) bond motifs is 1. The summed E-state index contributed by atoms with van der Waals surface area (Å²) in [6, 6.07) is 9.54. The van der Waals surface area contributed by atoms with E-state index in [2.05, 4.69) is 15.5 Å². The summed E-state index contributed by atoms with van der Waals surface area (Å²) in [5.74, 6) is 0.118. The third-order valence-corrected chi connectivity index (χ3v) is 4.42. The highest BCUT2D eigenvalue weighted by atomic mass is 16.2. The van der Waals surface area contributed by atoms with Crippen molar-refractivity contribution < 1.29 is 4.79 Å². The van der Waals surface area contributed by atoms with E-state index in [4.69, 9.17) is 0 Å². The molecule has 1 saturated carbocycles. The molecular formula is C19H21N5O2. The first-order valence-electron chi connectivity index (χ1n) is 8.88. The predicted molar refractivity (Wildman–Crippen MR) is 98.4 cm³/mol. The van der Waals surface area contributed by atoms with Crippen molar-refractivity contribution in [3.05, 3.63) is 52.6 Å². The van der Waals surface area contributed by atoms with Gasteiger partial charge in [-0.05, 0) is 38.8 Å². The van der Waals surface area contributed by atoms with Gasteiger partial charge in [0.2, 0.25) is 5.91 Å². The van der Waals surface area contributed by atoms with Gasteiger partial charge in [0.25, 0.3) is 5.56 Å². The van der Waals surface area contributed by atoms with E-state index in [-0.39, 0.29) is 24.1 Å². The Morgan fingerprint density at radius 3 is 2.65 bits per heavy atom. The van der Waals surface area contributed by atoms with Gasteiger partial charge in [0, 0.05) is 17.3 Å². The van der Waals surface area contributed by atoms with Gasteiger partial charge in [-0.25, -0.2) is 9.36 Å². The summed E-state index contributed by atoms with van der Waals surface area (Å²) < 4.78 is 2.91. The highest BCUT2D eigenvalue weighted by Gasteiger charge is 2.30. The molecule has 26 heavy (non-hydrogen) atoms. The van der Waals surface area contributed by atoms with E-state index < -0.39 is 0 Å². The van der Waals surface area contributed by atoms with E-state index in [1.54, 1.807) is 10.9 Å². The van der Waals surface area contributed by atoms with Crippen LogP contribution in [-0.4, -0.2) is 31.5 Å². The number of nitrogens with one attached hydrogen (secondary N) is 1. The molecule has 4 rings (SSSR count). The monoisotopic (exact) mass is 351 g/mol. The maximum atomic E-state index is 13.1. The Balaban J connectivity index is 1.87. The average molecular weight is 351 g/mol. The second-order valence-electron chi connectivity index (χ2n) is 7.00. The third kappa shape index (κ3) is 3.00. The van der Waals surface area contributed by atoms with E-state index in [9.17, 15) is 9.59 Å². The van der Waals surface area contributed by atoms with Gasteiger partial charge in [-0.2, -0.15) is 10.2 Å². The van der Waals surface area contributed by atoms with E-state index in [1.807, 2.05) is 44.2 Å². The molecule has 3 aromatic rings. The Kier molecular flexibility index (Phi) is 4.06. The van der Waals surface area contributed by atoms with Crippen molar-refractivity contribution >= 4 is 16.8 Å². The molecule has 1 aliphatic carbocycles. The molecular weight excluding hydrogens is 330 g/mol. The molecule has 2 heterocycles. The standard InChI is InChI=1S/C19H21N5O2/c1-12(2)21-16(25)11-23-19(26)18-15(17(22-23)13-8-9-13)10-20-24(18)14-6-4-3-5-7-14/h3-7,10,12-13H,8-9,11H2,1-2H3,(H,21,25). The van der Waals surface area contributed by atoms with Crippen LogP contribution in [0.3, 0.4) is 0 Å². The number of aromatic nitrogens is 4. The summed E-state index contributed by atoms with van der Waals surface area (Å²) >= 11 is 0. The van der Waals surface area contributed by atoms with Crippen LogP contribution in [0, 0.1) is 0 Å². The molecule has 7 heteroatoms. The zero-order chi connectivity index (χ0) is 18.3. The number of amides is 1. The van der Waals surface area contributed by atoms with E-state index in [0.29, 0.717) is 11.4 Å². The minimum Gasteiger partial charge on any atom is -0.352 e. The number of rotatable bonds is 5. The van der Waals surface area contributed by atoms with Crippen molar-refractivity contribution in [1.29, 1.82) is 0 Å². The van der Waals surface area contributed by atoms with E-state index in [1.165, 1.54) is 4.68 Å². The first-order valence-corrected chi connectivity index (χ1v) is 8.88. The van der Waals surface area contributed by atoms with Crippen molar-refractivity contribution in [2.75, 3.05) is 0 Å². The van der Waals surface area contributed by atoms with Gasteiger partial charge in [-0.15, -0.1) is 0 Å². The molecule has 0 atom stereocenters. The van der Waals surface area contributed by atoms with Gasteiger partial charge in [0.15, 0.2) is 0 Å². The largest absolute Gasteiger partial charge is 0.352 e. The topological polar surface area (TPSA) is 81.8 Å². The summed E-state index contributed by atoms with van der Waals surface area (Å²) in [5, 5.41) is 12.5. The Morgan fingerprint density at radius 1 is 1.27 bits per heavy atom. The summed E-state index contributed by atoms with van der Waals surface area (Å²) in [6.07, 6.45) is 3.81. The highest BCUT2D eigenvalue weighted by molar-refractivity contribution is 5.83. The van der Waals surface area contributed by atoms with Crippen molar-refractivity contribution in [2.24, 2.45) is 0 Å². The summed E-state index contributed by atoms with van der Waals surface area (Å²) in [7, 11) is 0. The first kappa shape index (κ1) is 16.5. The minimum atomic E-state index is -0.301. The Morgan fingerprint density at radius 2 is 2.00 bits per heavy atom. The van der Waals surface area contributed by atoms with Crippen LogP contribution in [-0.2, 0) is 11.3 Å². The lowest BCUT2D eigenvalue weighted by atomic mass is 10.2. The maximum absolute atomic E-state index is 13.1. The zero-order valence-electron chi connectivity index (χ0n) is 14.8. The fraction of sp³-hybridized carbons (Fsp3) is 0.368. The van der Waals surface area contributed by atoms with Crippen molar-refractivity contribution in [3.63, 3.8) is 0 Å². The molecule has 0 unspecified atom stereocenters. The number of para-hydroxylation sites is 1. The predicted octanol–water partition coefficient (Wildman–Crippen LogP) is 1.98. The minimum absolute atomic E-state index is 0.0136. The highest BCUT2D eigenvalue weighted by Crippen LogP contribution is 2.41. The molecule has 0 saturated heterocycles. The lowest BCUT2D eigenvalue weighted by Crippen LogP contribution is -2.37. The van der Waals surface area contributed by atoms with Gasteiger partial charge in [0.1, 0.15) is 12.1 Å². The van der Waals surface area contributed by atoms with Gasteiger partial charge >= 0.3 is 0 Å². The van der Waals surface area contributed by atoms with Crippen LogP contribution in [0.5, 0.6) is 0 Å². The molecule has 1 N–H and O–H groups in total. The van der Waals surface area contributed by atoms with Crippen LogP contribution < -0.4 is 10.9 Å². The molecule has 0 spiro atoms. The number of carbonyl (C=O) groups is 1. The van der Waals surface area contributed by atoms with Gasteiger partial charge in [-0.1, -0.05) is 18.2 Å². The van der Waals surface area contributed by atoms with E-state index >= 15 is 0 Å². The molecule has 1 aliphatic rings. The van der Waals surface area contributed by atoms with Crippen molar-refractivity contribution in [1.82, 2.24) is 24.9 Å². The van der Waals surface area contributed by atoms with Gasteiger partial charge in [-0.3, -0.25) is 9.59 Å². The molecule has 0 aliphatic heterocycles. The maximum Gasteiger partial charge on any atom is 0.293 e. The smallest absolute Gasteiger partial charge is 0.293 e. The number of nitrogens with zero attached hydrogens (tertiary/aromatic N) is 4. The van der Waals surface area contributed by atoms with Crippen molar-refractivity contribution in [2.45, 2.75) is 45.2 Å². The van der Waals surface area contributed by atoms with Crippen LogP contribution in [0.1, 0.15) is 38.3 Å². The second kappa shape index (κ2) is 6.40. The van der Waals surface area contributed by atoms with Crippen LogP contribution in [0.15, 0.2) is 41.3 Å². The summed E-state index contributed by atoms with van der Waals surface area (Å²) in [6.45, 7) is 3.68. The number of hydrogen-bond donors (Lipinski definition) is 1. The average Bonchev–Trinajstić information content (AvgIpc) is 3.35. The first-order chi connectivity index (χ1) is 12.5. The summed E-state index contributed by atoms with van der Waals surface area (Å²) in [4.78, 5) is 25.2. The Labute approximate surface area is 150 Å². The number of carbonyl (C=O) groups excluding carboxylic acids is 1. The van der Waals surface area contributed by atoms with Crippen LogP contribution in [0.4, 0.5) is 0 Å². The molecule has 0 bridgehead atoms. The third-order valence-electron chi connectivity index (χ3n) is 4.42. The number of benzene rings is 1. The normalized spacial score (nSPS) is 14.1.